The van der Waals surface area contributed by atoms with Gasteiger partial charge in [0.2, 0.25) is 23.6 Å². The van der Waals surface area contributed by atoms with Gasteiger partial charge in [0.1, 0.15) is 12.6 Å². The molecule has 28 heteroatoms. The molecule has 0 spiro atoms. The SMILES string of the molecule is CC[C@@]1(O)C(=O)OCc2c1cc1n(c2=O)Cc2c-1nc1cc(F)c(OC)cc1c2CN1CCC(NC(=O)CCCNC(=O)C(CCC(=O)NCCOCCOCCOCCOCCOCCOCCOCCOC)NC(=O)CCCN2C(=O)C=CC2=O)CC1. The number of ether oxygens (including phenoxy) is 10. The van der Waals surface area contributed by atoms with Crippen LogP contribution in [0, 0.1) is 5.82 Å². The maximum atomic E-state index is 15.3. The Hall–Kier alpha value is -6.86. The van der Waals surface area contributed by atoms with E-state index < -0.39 is 52.6 Å². The van der Waals surface area contributed by atoms with E-state index in [1.807, 2.05) is 0 Å². The van der Waals surface area contributed by atoms with Crippen LogP contribution in [0.25, 0.3) is 22.3 Å². The average molecular weight is 1250 g/mol. The van der Waals surface area contributed by atoms with Crippen molar-refractivity contribution >= 4 is 52.3 Å². The van der Waals surface area contributed by atoms with Crippen molar-refractivity contribution in [2.24, 2.45) is 0 Å². The Morgan fingerprint density at radius 2 is 1.33 bits per heavy atom. The Labute approximate surface area is 515 Å². The smallest absolute Gasteiger partial charge is 0.343 e. The maximum Gasteiger partial charge on any atom is 0.343 e. The molecule has 1 aromatic carbocycles. The minimum absolute atomic E-state index is 0.0160. The zero-order valence-corrected chi connectivity index (χ0v) is 51.1. The van der Waals surface area contributed by atoms with Crippen molar-refractivity contribution in [3.63, 3.8) is 0 Å². The molecule has 490 valence electrons. The van der Waals surface area contributed by atoms with E-state index in [9.17, 15) is 43.5 Å². The van der Waals surface area contributed by atoms with Crippen molar-refractivity contribution in [1.82, 2.24) is 40.6 Å². The number of pyridine rings is 2. The zero-order chi connectivity index (χ0) is 63.5. The molecule has 2 atom stereocenters. The van der Waals surface area contributed by atoms with Gasteiger partial charge in [-0.15, -0.1) is 0 Å². The number of imide groups is 1. The van der Waals surface area contributed by atoms with E-state index in [4.69, 9.17) is 52.4 Å². The predicted molar refractivity (Wildman–Crippen MR) is 317 cm³/mol. The van der Waals surface area contributed by atoms with Crippen LogP contribution in [-0.4, -0.2) is 224 Å². The van der Waals surface area contributed by atoms with E-state index >= 15 is 4.39 Å². The number of piperidine rings is 1. The first-order chi connectivity index (χ1) is 43.1. The first kappa shape index (κ1) is 69.6. The largest absolute Gasteiger partial charge is 0.494 e. The summed E-state index contributed by atoms with van der Waals surface area (Å²) in [6, 6.07) is 3.27. The quantitative estimate of drug-likeness (QED) is 0.0235. The van der Waals surface area contributed by atoms with Crippen LogP contribution < -0.4 is 31.6 Å². The normalized spacial score (nSPS) is 16.7. The van der Waals surface area contributed by atoms with E-state index in [1.165, 1.54) is 13.2 Å². The number of aliphatic hydroxyl groups is 1. The summed E-state index contributed by atoms with van der Waals surface area (Å²) in [4.78, 5) is 112. The van der Waals surface area contributed by atoms with Crippen molar-refractivity contribution in [3.05, 3.63) is 68.8 Å². The van der Waals surface area contributed by atoms with Crippen molar-refractivity contribution < 1.29 is 90.4 Å². The first-order valence-corrected chi connectivity index (χ1v) is 30.4. The fraction of sp³-hybridized carbons (Fsp3) is 0.623. The summed E-state index contributed by atoms with van der Waals surface area (Å²) in [5, 5.41) is 23.4. The molecule has 1 fully saturated rings. The van der Waals surface area contributed by atoms with Gasteiger partial charge >= 0.3 is 5.97 Å². The maximum absolute atomic E-state index is 15.3. The third-order valence-corrected chi connectivity index (χ3v) is 15.5. The Morgan fingerprint density at radius 1 is 0.730 bits per heavy atom. The van der Waals surface area contributed by atoms with Crippen LogP contribution in [0.1, 0.15) is 87.0 Å². The molecule has 0 bridgehead atoms. The number of cyclic esters (lactones) is 1. The number of methoxy groups -OCH3 is 2. The highest BCUT2D eigenvalue weighted by molar-refractivity contribution is 6.12. The third kappa shape index (κ3) is 20.3. The highest BCUT2D eigenvalue weighted by Gasteiger charge is 2.46. The molecule has 5 N–H and O–H groups in total. The van der Waals surface area contributed by atoms with Gasteiger partial charge in [0.05, 0.1) is 135 Å². The fourth-order valence-electron chi connectivity index (χ4n) is 10.6. The summed E-state index contributed by atoms with van der Waals surface area (Å²) < 4.78 is 70.6. The lowest BCUT2D eigenvalue weighted by Crippen LogP contribution is -2.48. The lowest BCUT2D eigenvalue weighted by Gasteiger charge is -2.33. The van der Waals surface area contributed by atoms with Gasteiger partial charge < -0.3 is 78.3 Å². The van der Waals surface area contributed by atoms with Gasteiger partial charge in [0, 0.05) is 106 Å². The topological polar surface area (TPSA) is 322 Å². The lowest BCUT2D eigenvalue weighted by molar-refractivity contribution is -0.172. The standard InChI is InChI=1S/C61H85FN8O19/c1-4-61(79)46-36-50-57-44(39-70(50)59(77)45(46)40-89-60(61)78)43(42-35-51(81-3)47(62)37-49(42)67-57)38-68-18-13-41(14-19-68)65-53(72)7-5-15-64-58(76)48(66-54(73)8-6-17-69-55(74)11-12-56(69)75)9-10-52(71)63-16-20-82-23-24-84-27-28-86-31-32-88-34-33-87-30-29-85-26-25-83-22-21-80-2/h11-12,35-37,41,48,79H,4-10,13-34,38-40H2,1-3H3,(H,63,71)(H,64,76)(H,65,72)(H,66,73)/t48?,61-/m0/s1. The van der Waals surface area contributed by atoms with Gasteiger partial charge in [-0.3, -0.25) is 43.4 Å². The summed E-state index contributed by atoms with van der Waals surface area (Å²) in [5.74, 6) is -4.01. The highest BCUT2D eigenvalue weighted by Crippen LogP contribution is 2.41. The van der Waals surface area contributed by atoms with Crippen LogP contribution in [0.3, 0.4) is 0 Å². The monoisotopic (exact) mass is 1250 g/mol. The number of esters is 1. The van der Waals surface area contributed by atoms with Gasteiger partial charge in [-0.25, -0.2) is 14.2 Å². The first-order valence-electron chi connectivity index (χ1n) is 30.4. The second kappa shape index (κ2) is 36.1. The Balaban J connectivity index is 0.789. The van der Waals surface area contributed by atoms with E-state index in [0.717, 1.165) is 28.2 Å². The molecule has 6 heterocycles. The number of halogens is 1. The molecule has 7 rings (SSSR count). The number of likely N-dealkylation sites (tertiary alicyclic amines) is 1. The number of amides is 6. The molecule has 27 nitrogen and oxygen atoms in total. The molecule has 89 heavy (non-hydrogen) atoms. The molecule has 0 aliphatic carbocycles. The number of nitrogens with one attached hydrogen (secondary N) is 4. The molecule has 4 aliphatic heterocycles. The van der Waals surface area contributed by atoms with Gasteiger partial charge in [0.15, 0.2) is 17.2 Å². The minimum atomic E-state index is -2.01. The molecule has 3 aromatic rings. The average Bonchev–Trinajstić information content (AvgIpc) is 1.68. The lowest BCUT2D eigenvalue weighted by atomic mass is 9.86. The van der Waals surface area contributed by atoms with Gasteiger partial charge in [-0.05, 0) is 56.2 Å². The van der Waals surface area contributed by atoms with Crippen LogP contribution in [0.4, 0.5) is 4.39 Å². The molecule has 1 saturated heterocycles. The number of hydrogen-bond acceptors (Lipinski definition) is 21. The zero-order valence-electron chi connectivity index (χ0n) is 51.1. The molecule has 2 aromatic heterocycles. The van der Waals surface area contributed by atoms with Crippen LogP contribution in [0.5, 0.6) is 5.75 Å². The van der Waals surface area contributed by atoms with Gasteiger partial charge in [0.25, 0.3) is 17.4 Å². The summed E-state index contributed by atoms with van der Waals surface area (Å²) in [6.07, 6.45) is 3.80. The number of aromatic nitrogens is 2. The molecule has 4 aliphatic rings. The van der Waals surface area contributed by atoms with Crippen molar-refractivity contribution in [3.8, 4) is 17.1 Å². The third-order valence-electron chi connectivity index (χ3n) is 15.5. The fourth-order valence-corrected chi connectivity index (χ4v) is 10.6. The number of fused-ring (bicyclic) bond motifs is 5. The molecule has 1 unspecified atom stereocenters. The summed E-state index contributed by atoms with van der Waals surface area (Å²) in [7, 11) is 3.00. The van der Waals surface area contributed by atoms with Crippen LogP contribution in [0.2, 0.25) is 0 Å². The Bertz CT molecular complexity index is 2970. The van der Waals surface area contributed by atoms with Crippen LogP contribution >= 0.6 is 0 Å². The van der Waals surface area contributed by atoms with Crippen LogP contribution in [0.15, 0.2) is 35.1 Å². The van der Waals surface area contributed by atoms with E-state index in [1.54, 1.807) is 30.7 Å². The number of rotatable bonds is 42. The predicted octanol–water partition coefficient (Wildman–Crippen LogP) is 1.05. The van der Waals surface area contributed by atoms with Crippen molar-refractivity contribution in [2.75, 3.05) is 146 Å². The molecule has 0 saturated carbocycles. The van der Waals surface area contributed by atoms with Gasteiger partial charge in [-0.1, -0.05) is 6.92 Å². The Kier molecular flexibility index (Phi) is 28.2. The number of hydrogen-bond donors (Lipinski definition) is 5. The van der Waals surface area contributed by atoms with E-state index in [-0.39, 0.29) is 126 Å². The number of carbonyl (C=O) groups is 7. The van der Waals surface area contributed by atoms with Gasteiger partial charge in [-0.2, -0.15) is 0 Å². The second-order valence-corrected chi connectivity index (χ2v) is 21.6. The summed E-state index contributed by atoms with van der Waals surface area (Å²) in [5.41, 5.74) is 0.675. The molecular formula is C61H85FN8O19. The minimum Gasteiger partial charge on any atom is -0.494 e. The van der Waals surface area contributed by atoms with E-state index in [0.29, 0.717) is 141 Å². The number of carbonyl (C=O) groups excluding carboxylic acids is 7. The summed E-state index contributed by atoms with van der Waals surface area (Å²) >= 11 is 0. The molecule has 0 radical (unpaired) electrons. The number of benzene rings is 1. The van der Waals surface area contributed by atoms with Crippen molar-refractivity contribution in [1.29, 1.82) is 0 Å². The summed E-state index contributed by atoms with van der Waals surface area (Å²) in [6.45, 7) is 9.70. The highest BCUT2D eigenvalue weighted by atomic mass is 19.1. The molecular weight excluding hydrogens is 1170 g/mol. The Morgan fingerprint density at radius 3 is 1.92 bits per heavy atom. The van der Waals surface area contributed by atoms with Crippen LogP contribution in [-0.2, 0) is 101 Å². The molecule has 6 amide bonds. The van der Waals surface area contributed by atoms with E-state index in [2.05, 4.69) is 26.2 Å². The second-order valence-electron chi connectivity index (χ2n) is 21.6. The van der Waals surface area contributed by atoms with Crippen molar-refractivity contribution in [2.45, 2.75) is 102 Å². The number of nitrogens with zero attached hydrogens (tertiary/aromatic N) is 4.